The summed E-state index contributed by atoms with van der Waals surface area (Å²) < 4.78 is 0. The highest BCUT2D eigenvalue weighted by molar-refractivity contribution is 7.09. The van der Waals surface area contributed by atoms with Gasteiger partial charge in [-0.25, -0.2) is 4.98 Å². The third-order valence-corrected chi connectivity index (χ3v) is 3.93. The minimum atomic E-state index is 0.970. The van der Waals surface area contributed by atoms with Crippen LogP contribution in [-0.4, -0.2) is 41.0 Å². The molecule has 4 nitrogen and oxygen atoms in total. The van der Waals surface area contributed by atoms with Gasteiger partial charge in [0.05, 0.1) is 12.2 Å². The Hall–Kier alpha value is -1.30. The molecular weight excluding hydrogens is 244 g/mol. The van der Waals surface area contributed by atoms with Gasteiger partial charge in [-0.05, 0) is 12.1 Å². The van der Waals surface area contributed by atoms with Gasteiger partial charge in [0.2, 0.25) is 0 Å². The molecule has 2 aromatic rings. The fourth-order valence-corrected chi connectivity index (χ4v) is 2.94. The van der Waals surface area contributed by atoms with E-state index in [9.17, 15) is 0 Å². The van der Waals surface area contributed by atoms with E-state index in [0.29, 0.717) is 0 Å². The molecule has 5 heteroatoms. The molecule has 0 amide bonds. The topological polar surface area (TPSA) is 41.0 Å². The molecular formula is C13H16N4S. The second-order valence-electron chi connectivity index (χ2n) is 4.39. The van der Waals surface area contributed by atoms with Gasteiger partial charge in [0.1, 0.15) is 5.01 Å². The second-order valence-corrected chi connectivity index (χ2v) is 5.33. The molecule has 0 radical (unpaired) electrons. The van der Waals surface area contributed by atoms with Gasteiger partial charge in [-0.15, -0.1) is 11.3 Å². The molecule has 1 saturated heterocycles. The molecule has 0 spiro atoms. The number of piperazine rings is 1. The highest BCUT2D eigenvalue weighted by Gasteiger charge is 2.12. The Kier molecular flexibility index (Phi) is 3.64. The lowest BCUT2D eigenvalue weighted by Crippen LogP contribution is -2.42. The van der Waals surface area contributed by atoms with Gasteiger partial charge in [-0.1, -0.05) is 0 Å². The molecule has 1 aliphatic heterocycles. The van der Waals surface area contributed by atoms with Gasteiger partial charge in [-0.2, -0.15) is 0 Å². The molecule has 0 bridgehead atoms. The molecule has 1 N–H and O–H groups in total. The van der Waals surface area contributed by atoms with Crippen LogP contribution in [0.1, 0.15) is 5.01 Å². The van der Waals surface area contributed by atoms with E-state index in [2.05, 4.69) is 20.6 Å². The molecule has 2 aromatic heterocycles. The lowest BCUT2D eigenvalue weighted by molar-refractivity contribution is 0.233. The highest BCUT2D eigenvalue weighted by Crippen LogP contribution is 2.21. The van der Waals surface area contributed by atoms with E-state index < -0.39 is 0 Å². The van der Waals surface area contributed by atoms with Crippen molar-refractivity contribution in [2.24, 2.45) is 0 Å². The summed E-state index contributed by atoms with van der Waals surface area (Å²) in [6.45, 7) is 5.37. The molecule has 1 aliphatic rings. The largest absolute Gasteiger partial charge is 0.314 e. The lowest BCUT2D eigenvalue weighted by Gasteiger charge is -2.26. The van der Waals surface area contributed by atoms with E-state index in [-0.39, 0.29) is 0 Å². The minimum absolute atomic E-state index is 0.970. The molecule has 3 heterocycles. The Labute approximate surface area is 111 Å². The summed E-state index contributed by atoms with van der Waals surface area (Å²) in [5.74, 6) is 0. The van der Waals surface area contributed by atoms with E-state index in [0.717, 1.165) is 44.0 Å². The summed E-state index contributed by atoms with van der Waals surface area (Å²) in [4.78, 5) is 11.2. The number of nitrogens with zero attached hydrogens (tertiary/aromatic N) is 3. The molecule has 3 rings (SSSR count). The van der Waals surface area contributed by atoms with Crippen molar-refractivity contribution in [3.05, 3.63) is 34.9 Å². The molecule has 0 saturated carbocycles. The zero-order valence-electron chi connectivity index (χ0n) is 10.2. The first kappa shape index (κ1) is 11.8. The molecule has 94 valence electrons. The van der Waals surface area contributed by atoms with Crippen molar-refractivity contribution in [2.45, 2.75) is 6.54 Å². The Morgan fingerprint density at radius 1 is 1.22 bits per heavy atom. The standard InChI is InChI=1S/C13H16N4S/c1-3-14-4-2-11(1)12-10-18-13(16-12)9-17-7-5-15-6-8-17/h1-4,10,15H,5-9H2. The first-order valence-electron chi connectivity index (χ1n) is 6.20. The summed E-state index contributed by atoms with van der Waals surface area (Å²) in [5.41, 5.74) is 2.21. The summed E-state index contributed by atoms with van der Waals surface area (Å²) in [6.07, 6.45) is 3.62. The quantitative estimate of drug-likeness (QED) is 0.910. The summed E-state index contributed by atoms with van der Waals surface area (Å²) >= 11 is 1.74. The van der Waals surface area contributed by atoms with Crippen LogP contribution in [0.2, 0.25) is 0 Å². The smallest absolute Gasteiger partial charge is 0.107 e. The van der Waals surface area contributed by atoms with E-state index in [1.54, 1.807) is 11.3 Å². The van der Waals surface area contributed by atoms with Crippen LogP contribution in [0.3, 0.4) is 0 Å². The SMILES string of the molecule is c1cc(-c2csc(CN3CCNCC3)n2)ccn1. The van der Waals surface area contributed by atoms with Gasteiger partial charge in [-0.3, -0.25) is 9.88 Å². The number of thiazole rings is 1. The van der Waals surface area contributed by atoms with Crippen LogP contribution in [0.25, 0.3) is 11.3 Å². The first-order chi connectivity index (χ1) is 8.92. The number of aromatic nitrogens is 2. The average Bonchev–Trinajstić information content (AvgIpc) is 2.89. The number of hydrogen-bond acceptors (Lipinski definition) is 5. The Balaban J connectivity index is 1.69. The minimum Gasteiger partial charge on any atom is -0.314 e. The maximum absolute atomic E-state index is 4.70. The molecule has 0 aromatic carbocycles. The van der Waals surface area contributed by atoms with Crippen LogP contribution in [-0.2, 0) is 6.54 Å². The third-order valence-electron chi connectivity index (χ3n) is 3.10. The third kappa shape index (κ3) is 2.75. The molecule has 1 fully saturated rings. The van der Waals surface area contributed by atoms with Crippen molar-refractivity contribution in [1.82, 2.24) is 20.2 Å². The maximum Gasteiger partial charge on any atom is 0.107 e. The van der Waals surface area contributed by atoms with Crippen LogP contribution < -0.4 is 5.32 Å². The van der Waals surface area contributed by atoms with Crippen LogP contribution in [0.5, 0.6) is 0 Å². The van der Waals surface area contributed by atoms with Gasteiger partial charge >= 0.3 is 0 Å². The van der Waals surface area contributed by atoms with Crippen molar-refractivity contribution >= 4 is 11.3 Å². The Morgan fingerprint density at radius 2 is 2.00 bits per heavy atom. The van der Waals surface area contributed by atoms with E-state index >= 15 is 0 Å². The van der Waals surface area contributed by atoms with Crippen LogP contribution >= 0.6 is 11.3 Å². The normalized spacial score (nSPS) is 16.9. The number of nitrogens with one attached hydrogen (secondary N) is 1. The summed E-state index contributed by atoms with van der Waals surface area (Å²) in [7, 11) is 0. The van der Waals surface area contributed by atoms with Crippen molar-refractivity contribution < 1.29 is 0 Å². The van der Waals surface area contributed by atoms with E-state index in [4.69, 9.17) is 4.98 Å². The van der Waals surface area contributed by atoms with Crippen LogP contribution in [0, 0.1) is 0 Å². The van der Waals surface area contributed by atoms with Crippen LogP contribution in [0.4, 0.5) is 0 Å². The van der Waals surface area contributed by atoms with Gasteiger partial charge < -0.3 is 5.32 Å². The van der Waals surface area contributed by atoms with Crippen molar-refractivity contribution in [2.75, 3.05) is 26.2 Å². The van der Waals surface area contributed by atoms with E-state index in [1.165, 1.54) is 5.01 Å². The van der Waals surface area contributed by atoms with Crippen molar-refractivity contribution in [3.8, 4) is 11.3 Å². The molecule has 0 atom stereocenters. The molecule has 18 heavy (non-hydrogen) atoms. The predicted molar refractivity (Wildman–Crippen MR) is 73.5 cm³/mol. The lowest BCUT2D eigenvalue weighted by atomic mass is 10.2. The Bertz CT molecular complexity index is 491. The second kappa shape index (κ2) is 5.56. The zero-order chi connectivity index (χ0) is 12.2. The summed E-state index contributed by atoms with van der Waals surface area (Å²) in [6, 6.07) is 4.01. The number of rotatable bonds is 3. The van der Waals surface area contributed by atoms with E-state index in [1.807, 2.05) is 24.5 Å². The number of pyridine rings is 1. The molecule has 0 aliphatic carbocycles. The van der Waals surface area contributed by atoms with Crippen molar-refractivity contribution in [3.63, 3.8) is 0 Å². The fraction of sp³-hybridized carbons (Fsp3) is 0.385. The maximum atomic E-state index is 4.70. The molecule has 0 unspecified atom stereocenters. The van der Waals surface area contributed by atoms with Gasteiger partial charge in [0.15, 0.2) is 0 Å². The van der Waals surface area contributed by atoms with Crippen molar-refractivity contribution in [1.29, 1.82) is 0 Å². The van der Waals surface area contributed by atoms with Crippen LogP contribution in [0.15, 0.2) is 29.9 Å². The van der Waals surface area contributed by atoms with Gasteiger partial charge in [0.25, 0.3) is 0 Å². The highest BCUT2D eigenvalue weighted by atomic mass is 32.1. The number of hydrogen-bond donors (Lipinski definition) is 1. The predicted octanol–water partition coefficient (Wildman–Crippen LogP) is 1.61. The average molecular weight is 260 g/mol. The first-order valence-corrected chi connectivity index (χ1v) is 7.08. The monoisotopic (exact) mass is 260 g/mol. The Morgan fingerprint density at radius 3 is 2.78 bits per heavy atom. The van der Waals surface area contributed by atoms with Gasteiger partial charge in [0, 0.05) is 49.5 Å². The zero-order valence-corrected chi connectivity index (χ0v) is 11.0. The summed E-state index contributed by atoms with van der Waals surface area (Å²) in [5, 5.41) is 6.70. The fourth-order valence-electron chi connectivity index (χ4n) is 2.10.